The van der Waals surface area contributed by atoms with Crippen LogP contribution in [0.25, 0.3) is 0 Å². The van der Waals surface area contributed by atoms with E-state index in [0.29, 0.717) is 19.0 Å². The molecule has 1 amide bonds. The molecule has 1 aromatic carbocycles. The van der Waals surface area contributed by atoms with Crippen molar-refractivity contribution >= 4 is 5.91 Å². The van der Waals surface area contributed by atoms with Gasteiger partial charge in [0.25, 0.3) is 0 Å². The second kappa shape index (κ2) is 6.01. The summed E-state index contributed by atoms with van der Waals surface area (Å²) in [7, 11) is 1.88. The molecule has 3 nitrogen and oxygen atoms in total. The minimum Gasteiger partial charge on any atom is -0.341 e. The first kappa shape index (κ1) is 13.1. The Kier molecular flexibility index (Phi) is 4.37. The summed E-state index contributed by atoms with van der Waals surface area (Å²) in [6, 6.07) is 8.90. The second-order valence-electron chi connectivity index (χ2n) is 5.15. The third-order valence-electron chi connectivity index (χ3n) is 3.44. The van der Waals surface area contributed by atoms with Gasteiger partial charge in [-0.2, -0.15) is 0 Å². The molecule has 98 valence electrons. The number of amides is 1. The van der Waals surface area contributed by atoms with Crippen molar-refractivity contribution in [3.8, 4) is 0 Å². The number of carbonyl (C=O) groups excluding carboxylic acids is 1. The van der Waals surface area contributed by atoms with Gasteiger partial charge in [0.05, 0.1) is 0 Å². The molecule has 2 rings (SSSR count). The molecule has 0 atom stereocenters. The fraction of sp³-hybridized carbons (Fsp3) is 0.533. The third kappa shape index (κ3) is 3.84. The molecule has 1 N–H and O–H groups in total. The maximum atomic E-state index is 11.9. The zero-order chi connectivity index (χ0) is 13.0. The van der Waals surface area contributed by atoms with Gasteiger partial charge in [-0.3, -0.25) is 4.79 Å². The summed E-state index contributed by atoms with van der Waals surface area (Å²) >= 11 is 0. The standard InChI is InChI=1S/C15H22N2O/c1-12-5-3-4-6-13(12)11-17(2)15(18)9-10-16-14-7-8-14/h3-6,14,16H,7-11H2,1-2H3. The van der Waals surface area contributed by atoms with Gasteiger partial charge in [0, 0.05) is 32.6 Å². The van der Waals surface area contributed by atoms with Crippen molar-refractivity contribution in [3.63, 3.8) is 0 Å². The molecule has 1 aliphatic carbocycles. The van der Waals surface area contributed by atoms with Crippen molar-refractivity contribution < 1.29 is 4.79 Å². The Morgan fingerprint density at radius 1 is 1.39 bits per heavy atom. The fourth-order valence-electron chi connectivity index (χ4n) is 1.99. The summed E-state index contributed by atoms with van der Waals surface area (Å²) in [6.07, 6.45) is 3.14. The Morgan fingerprint density at radius 3 is 2.78 bits per heavy atom. The molecule has 0 aliphatic heterocycles. The smallest absolute Gasteiger partial charge is 0.223 e. The van der Waals surface area contributed by atoms with Gasteiger partial charge < -0.3 is 10.2 Å². The number of nitrogens with one attached hydrogen (secondary N) is 1. The Bertz CT molecular complexity index is 413. The lowest BCUT2D eigenvalue weighted by Crippen LogP contribution is -2.30. The van der Waals surface area contributed by atoms with Crippen LogP contribution in [0.4, 0.5) is 0 Å². The highest BCUT2D eigenvalue weighted by molar-refractivity contribution is 5.76. The molecule has 0 saturated heterocycles. The summed E-state index contributed by atoms with van der Waals surface area (Å²) in [6.45, 7) is 3.60. The third-order valence-corrected chi connectivity index (χ3v) is 3.44. The number of carbonyl (C=O) groups is 1. The number of rotatable bonds is 6. The normalized spacial score (nSPS) is 14.6. The Balaban J connectivity index is 1.77. The van der Waals surface area contributed by atoms with Crippen LogP contribution in [0.1, 0.15) is 30.4 Å². The topological polar surface area (TPSA) is 32.3 Å². The number of hydrogen-bond acceptors (Lipinski definition) is 2. The average molecular weight is 246 g/mol. The van der Waals surface area contributed by atoms with E-state index in [4.69, 9.17) is 0 Å². The van der Waals surface area contributed by atoms with Gasteiger partial charge in [-0.15, -0.1) is 0 Å². The summed E-state index contributed by atoms with van der Waals surface area (Å²) in [5, 5.41) is 3.37. The molecular weight excluding hydrogens is 224 g/mol. The van der Waals surface area contributed by atoms with Gasteiger partial charge in [-0.25, -0.2) is 0 Å². The number of hydrogen-bond donors (Lipinski definition) is 1. The van der Waals surface area contributed by atoms with Crippen LogP contribution < -0.4 is 5.32 Å². The Labute approximate surface area is 109 Å². The van der Waals surface area contributed by atoms with Gasteiger partial charge in [0.15, 0.2) is 0 Å². The zero-order valence-electron chi connectivity index (χ0n) is 11.3. The molecule has 0 spiro atoms. The van der Waals surface area contributed by atoms with E-state index in [2.05, 4.69) is 24.4 Å². The lowest BCUT2D eigenvalue weighted by Gasteiger charge is -2.18. The van der Waals surface area contributed by atoms with Crippen molar-refractivity contribution in [1.29, 1.82) is 0 Å². The van der Waals surface area contributed by atoms with Gasteiger partial charge in [-0.05, 0) is 30.9 Å². The highest BCUT2D eigenvalue weighted by Gasteiger charge is 2.20. The minimum atomic E-state index is 0.214. The maximum Gasteiger partial charge on any atom is 0.223 e. The van der Waals surface area contributed by atoms with E-state index in [1.165, 1.54) is 24.0 Å². The molecule has 18 heavy (non-hydrogen) atoms. The zero-order valence-corrected chi connectivity index (χ0v) is 11.3. The van der Waals surface area contributed by atoms with Crippen molar-refractivity contribution in [2.24, 2.45) is 0 Å². The van der Waals surface area contributed by atoms with E-state index in [0.717, 1.165) is 6.54 Å². The monoisotopic (exact) mass is 246 g/mol. The molecule has 1 aliphatic rings. The van der Waals surface area contributed by atoms with Crippen LogP contribution in [-0.2, 0) is 11.3 Å². The van der Waals surface area contributed by atoms with Crippen LogP contribution in [-0.4, -0.2) is 30.4 Å². The second-order valence-corrected chi connectivity index (χ2v) is 5.15. The van der Waals surface area contributed by atoms with E-state index in [9.17, 15) is 4.79 Å². The van der Waals surface area contributed by atoms with E-state index in [-0.39, 0.29) is 5.91 Å². The first-order chi connectivity index (χ1) is 8.66. The molecular formula is C15H22N2O. The van der Waals surface area contributed by atoms with Crippen molar-refractivity contribution in [2.45, 2.75) is 38.8 Å². The summed E-state index contributed by atoms with van der Waals surface area (Å²) in [5.74, 6) is 0.214. The first-order valence-corrected chi connectivity index (χ1v) is 6.68. The average Bonchev–Trinajstić information content (AvgIpc) is 3.16. The molecule has 0 radical (unpaired) electrons. The fourth-order valence-corrected chi connectivity index (χ4v) is 1.99. The van der Waals surface area contributed by atoms with Crippen LogP contribution in [0, 0.1) is 6.92 Å². The SMILES string of the molecule is Cc1ccccc1CN(C)C(=O)CCNC1CC1. The highest BCUT2D eigenvalue weighted by atomic mass is 16.2. The first-order valence-electron chi connectivity index (χ1n) is 6.68. The highest BCUT2D eigenvalue weighted by Crippen LogP contribution is 2.18. The van der Waals surface area contributed by atoms with Gasteiger partial charge in [-0.1, -0.05) is 24.3 Å². The van der Waals surface area contributed by atoms with E-state index in [1.807, 2.05) is 24.1 Å². The summed E-state index contributed by atoms with van der Waals surface area (Å²) in [4.78, 5) is 13.8. The largest absolute Gasteiger partial charge is 0.341 e. The molecule has 0 aromatic heterocycles. The number of nitrogens with zero attached hydrogens (tertiary/aromatic N) is 1. The Morgan fingerprint density at radius 2 is 2.11 bits per heavy atom. The molecule has 1 saturated carbocycles. The number of benzene rings is 1. The predicted octanol–water partition coefficient (Wildman–Crippen LogP) is 2.10. The molecule has 0 unspecified atom stereocenters. The van der Waals surface area contributed by atoms with Crippen molar-refractivity contribution in [1.82, 2.24) is 10.2 Å². The molecule has 3 heteroatoms. The van der Waals surface area contributed by atoms with Crippen molar-refractivity contribution in [2.75, 3.05) is 13.6 Å². The molecule has 1 fully saturated rings. The van der Waals surface area contributed by atoms with Crippen LogP contribution in [0.5, 0.6) is 0 Å². The minimum absolute atomic E-state index is 0.214. The van der Waals surface area contributed by atoms with E-state index >= 15 is 0 Å². The Hall–Kier alpha value is -1.35. The lowest BCUT2D eigenvalue weighted by atomic mass is 10.1. The molecule has 0 bridgehead atoms. The maximum absolute atomic E-state index is 11.9. The molecule has 1 aromatic rings. The van der Waals surface area contributed by atoms with Crippen molar-refractivity contribution in [3.05, 3.63) is 35.4 Å². The van der Waals surface area contributed by atoms with Crippen LogP contribution in [0.15, 0.2) is 24.3 Å². The van der Waals surface area contributed by atoms with Crippen LogP contribution >= 0.6 is 0 Å². The lowest BCUT2D eigenvalue weighted by molar-refractivity contribution is -0.130. The van der Waals surface area contributed by atoms with E-state index < -0.39 is 0 Å². The number of aryl methyl sites for hydroxylation is 1. The molecule has 0 heterocycles. The quantitative estimate of drug-likeness (QED) is 0.833. The van der Waals surface area contributed by atoms with Crippen LogP contribution in [0.3, 0.4) is 0 Å². The summed E-state index contributed by atoms with van der Waals surface area (Å²) in [5.41, 5.74) is 2.47. The van der Waals surface area contributed by atoms with Crippen LogP contribution in [0.2, 0.25) is 0 Å². The predicted molar refractivity (Wildman–Crippen MR) is 73.3 cm³/mol. The van der Waals surface area contributed by atoms with Gasteiger partial charge >= 0.3 is 0 Å². The van der Waals surface area contributed by atoms with Gasteiger partial charge in [0.2, 0.25) is 5.91 Å². The van der Waals surface area contributed by atoms with Gasteiger partial charge in [0.1, 0.15) is 0 Å². The summed E-state index contributed by atoms with van der Waals surface area (Å²) < 4.78 is 0. The van der Waals surface area contributed by atoms with E-state index in [1.54, 1.807) is 0 Å².